The Morgan fingerprint density at radius 3 is 2.64 bits per heavy atom. The zero-order valence-electron chi connectivity index (χ0n) is 13.3. The third-order valence-corrected chi connectivity index (χ3v) is 4.69. The quantitative estimate of drug-likeness (QED) is 0.882. The van der Waals surface area contributed by atoms with E-state index in [1.54, 1.807) is 12.1 Å². The van der Waals surface area contributed by atoms with Crippen LogP contribution >= 0.6 is 0 Å². The standard InChI is InChI=1S/C18H23FN2O/c1-18(2)5-7-21(8-6-18)11-15-10-14-9-13(12-22)3-4-16(14)20-17(15)19/h3-4,9-10,22H,5-8,11-12H2,1-2H3. The van der Waals surface area contributed by atoms with E-state index in [1.807, 2.05) is 12.1 Å². The van der Waals surface area contributed by atoms with E-state index >= 15 is 0 Å². The number of hydrogen-bond donors (Lipinski definition) is 1. The Balaban J connectivity index is 1.82. The van der Waals surface area contributed by atoms with Crippen LogP contribution in [0.4, 0.5) is 4.39 Å². The predicted molar refractivity (Wildman–Crippen MR) is 85.9 cm³/mol. The summed E-state index contributed by atoms with van der Waals surface area (Å²) in [5.74, 6) is -0.380. The van der Waals surface area contributed by atoms with Crippen LogP contribution in [-0.2, 0) is 13.2 Å². The lowest BCUT2D eigenvalue weighted by atomic mass is 9.82. The van der Waals surface area contributed by atoms with Gasteiger partial charge in [-0.2, -0.15) is 4.39 Å². The molecule has 3 nitrogen and oxygen atoms in total. The zero-order chi connectivity index (χ0) is 15.7. The SMILES string of the molecule is CC1(C)CCN(Cc2cc3cc(CO)ccc3nc2F)CC1. The number of aliphatic hydroxyl groups is 1. The average molecular weight is 302 g/mol. The second-order valence-corrected chi connectivity index (χ2v) is 7.06. The number of aliphatic hydroxyl groups excluding tert-OH is 1. The van der Waals surface area contributed by atoms with Gasteiger partial charge in [-0.3, -0.25) is 4.90 Å². The van der Waals surface area contributed by atoms with Crippen molar-refractivity contribution in [1.82, 2.24) is 9.88 Å². The molecule has 1 aliphatic rings. The summed E-state index contributed by atoms with van der Waals surface area (Å²) in [6.07, 6.45) is 2.29. The lowest BCUT2D eigenvalue weighted by molar-refractivity contribution is 0.126. The Labute approximate surface area is 130 Å². The van der Waals surface area contributed by atoms with E-state index in [-0.39, 0.29) is 12.6 Å². The molecule has 1 aromatic heterocycles. The highest BCUT2D eigenvalue weighted by atomic mass is 19.1. The Morgan fingerprint density at radius 2 is 1.95 bits per heavy atom. The Morgan fingerprint density at radius 1 is 1.23 bits per heavy atom. The molecule has 0 bridgehead atoms. The minimum Gasteiger partial charge on any atom is -0.392 e. The Bertz CT molecular complexity index is 674. The molecule has 4 heteroatoms. The second-order valence-electron chi connectivity index (χ2n) is 7.06. The van der Waals surface area contributed by atoms with Gasteiger partial charge in [-0.25, -0.2) is 4.98 Å². The number of benzene rings is 1. The van der Waals surface area contributed by atoms with Gasteiger partial charge in [-0.15, -0.1) is 0 Å². The molecule has 1 fully saturated rings. The highest BCUT2D eigenvalue weighted by Crippen LogP contribution is 2.30. The number of hydrogen-bond acceptors (Lipinski definition) is 3. The summed E-state index contributed by atoms with van der Waals surface area (Å²) in [6.45, 7) is 7.18. The Hall–Kier alpha value is -1.52. The Kier molecular flexibility index (Phi) is 4.15. The minimum atomic E-state index is -0.380. The summed E-state index contributed by atoms with van der Waals surface area (Å²) in [5.41, 5.74) is 2.50. The first-order valence-corrected chi connectivity index (χ1v) is 7.88. The predicted octanol–water partition coefficient (Wildman–Crippen LogP) is 3.49. The highest BCUT2D eigenvalue weighted by molar-refractivity contribution is 5.79. The number of aromatic nitrogens is 1. The van der Waals surface area contributed by atoms with Gasteiger partial charge in [0, 0.05) is 17.5 Å². The third kappa shape index (κ3) is 3.28. The van der Waals surface area contributed by atoms with Crippen LogP contribution in [0.5, 0.6) is 0 Å². The topological polar surface area (TPSA) is 36.4 Å². The van der Waals surface area contributed by atoms with Crippen LogP contribution in [0, 0.1) is 11.4 Å². The van der Waals surface area contributed by atoms with Crippen molar-refractivity contribution in [1.29, 1.82) is 0 Å². The van der Waals surface area contributed by atoms with Crippen LogP contribution < -0.4 is 0 Å². The van der Waals surface area contributed by atoms with Crippen LogP contribution in [0.1, 0.15) is 37.8 Å². The van der Waals surface area contributed by atoms with Crippen LogP contribution in [-0.4, -0.2) is 28.1 Å². The summed E-state index contributed by atoms with van der Waals surface area (Å²) in [7, 11) is 0. The fraction of sp³-hybridized carbons (Fsp3) is 0.500. The van der Waals surface area contributed by atoms with Gasteiger partial charge in [0.05, 0.1) is 12.1 Å². The largest absolute Gasteiger partial charge is 0.392 e. The van der Waals surface area contributed by atoms with Gasteiger partial charge in [0.2, 0.25) is 5.95 Å². The summed E-state index contributed by atoms with van der Waals surface area (Å²) in [6, 6.07) is 7.29. The molecule has 0 unspecified atom stereocenters. The molecule has 2 heterocycles. The minimum absolute atomic E-state index is 0.0101. The van der Waals surface area contributed by atoms with Gasteiger partial charge in [-0.1, -0.05) is 19.9 Å². The van der Waals surface area contributed by atoms with Crippen molar-refractivity contribution in [3.8, 4) is 0 Å². The van der Waals surface area contributed by atoms with Crippen LogP contribution in [0.3, 0.4) is 0 Å². The van der Waals surface area contributed by atoms with Crippen LogP contribution in [0.25, 0.3) is 10.9 Å². The van der Waals surface area contributed by atoms with E-state index in [1.165, 1.54) is 0 Å². The lowest BCUT2D eigenvalue weighted by Crippen LogP contribution is -2.37. The van der Waals surface area contributed by atoms with Gasteiger partial charge in [0.15, 0.2) is 0 Å². The molecular formula is C18H23FN2O. The maximum atomic E-state index is 14.2. The van der Waals surface area contributed by atoms with Gasteiger partial charge < -0.3 is 5.11 Å². The molecule has 0 saturated carbocycles. The number of pyridine rings is 1. The molecule has 1 N–H and O–H groups in total. The van der Waals surface area contributed by atoms with E-state index in [0.717, 1.165) is 36.9 Å². The van der Waals surface area contributed by atoms with Crippen molar-refractivity contribution in [3.63, 3.8) is 0 Å². The van der Waals surface area contributed by atoms with Crippen molar-refractivity contribution in [2.75, 3.05) is 13.1 Å². The average Bonchev–Trinajstić information content (AvgIpc) is 2.49. The summed E-state index contributed by atoms with van der Waals surface area (Å²) in [4.78, 5) is 6.37. The van der Waals surface area contributed by atoms with E-state index in [9.17, 15) is 9.50 Å². The van der Waals surface area contributed by atoms with Crippen molar-refractivity contribution in [2.24, 2.45) is 5.41 Å². The van der Waals surface area contributed by atoms with Crippen molar-refractivity contribution in [2.45, 2.75) is 39.8 Å². The number of nitrogens with zero attached hydrogens (tertiary/aromatic N) is 2. The number of rotatable bonds is 3. The molecule has 1 aliphatic heterocycles. The van der Waals surface area contributed by atoms with E-state index in [4.69, 9.17) is 0 Å². The molecule has 0 spiro atoms. The summed E-state index contributed by atoms with van der Waals surface area (Å²) in [5, 5.41) is 10.1. The van der Waals surface area contributed by atoms with Gasteiger partial charge in [0.1, 0.15) is 0 Å². The number of piperidine rings is 1. The first kappa shape index (κ1) is 15.4. The molecule has 0 atom stereocenters. The molecule has 118 valence electrons. The molecule has 2 aromatic rings. The molecule has 1 saturated heterocycles. The molecule has 22 heavy (non-hydrogen) atoms. The van der Waals surface area contributed by atoms with E-state index < -0.39 is 0 Å². The summed E-state index contributed by atoms with van der Waals surface area (Å²) < 4.78 is 14.2. The van der Waals surface area contributed by atoms with Gasteiger partial charge in [0.25, 0.3) is 0 Å². The number of halogens is 1. The van der Waals surface area contributed by atoms with Crippen LogP contribution in [0.15, 0.2) is 24.3 Å². The fourth-order valence-corrected chi connectivity index (χ4v) is 3.01. The number of likely N-dealkylation sites (tertiary alicyclic amines) is 1. The number of fused-ring (bicyclic) bond motifs is 1. The monoisotopic (exact) mass is 302 g/mol. The normalized spacial score (nSPS) is 18.7. The smallest absolute Gasteiger partial charge is 0.217 e. The molecule has 0 amide bonds. The highest BCUT2D eigenvalue weighted by Gasteiger charge is 2.25. The molecule has 3 rings (SSSR count). The second kappa shape index (κ2) is 5.94. The first-order chi connectivity index (χ1) is 10.5. The van der Waals surface area contributed by atoms with Crippen molar-refractivity contribution < 1.29 is 9.50 Å². The third-order valence-electron chi connectivity index (χ3n) is 4.69. The maximum absolute atomic E-state index is 14.2. The molecule has 1 aromatic carbocycles. The maximum Gasteiger partial charge on any atom is 0.217 e. The van der Waals surface area contributed by atoms with Gasteiger partial charge in [-0.05, 0) is 55.1 Å². The summed E-state index contributed by atoms with van der Waals surface area (Å²) >= 11 is 0. The lowest BCUT2D eigenvalue weighted by Gasteiger charge is -2.36. The fourth-order valence-electron chi connectivity index (χ4n) is 3.01. The van der Waals surface area contributed by atoms with E-state index in [2.05, 4.69) is 23.7 Å². The van der Waals surface area contributed by atoms with E-state index in [0.29, 0.717) is 23.0 Å². The van der Waals surface area contributed by atoms with Crippen molar-refractivity contribution >= 4 is 10.9 Å². The zero-order valence-corrected chi connectivity index (χ0v) is 13.3. The molecular weight excluding hydrogens is 279 g/mol. The van der Waals surface area contributed by atoms with Crippen molar-refractivity contribution in [3.05, 3.63) is 41.3 Å². The molecule has 0 aliphatic carbocycles. The van der Waals surface area contributed by atoms with Gasteiger partial charge >= 0.3 is 0 Å². The molecule has 0 radical (unpaired) electrons. The first-order valence-electron chi connectivity index (χ1n) is 7.88. The van der Waals surface area contributed by atoms with Crippen LogP contribution in [0.2, 0.25) is 0 Å².